The summed E-state index contributed by atoms with van der Waals surface area (Å²) in [5.41, 5.74) is 7.37. The van der Waals surface area contributed by atoms with Gasteiger partial charge in [0.25, 0.3) is 0 Å². The van der Waals surface area contributed by atoms with Gasteiger partial charge in [-0.1, -0.05) is 133 Å². The first-order valence-corrected chi connectivity index (χ1v) is 20.6. The molecule has 10 aromatic rings. The van der Waals surface area contributed by atoms with Crippen molar-refractivity contribution in [2.24, 2.45) is 0 Å². The summed E-state index contributed by atoms with van der Waals surface area (Å²) < 4.78 is 5.36. The second kappa shape index (κ2) is 13.3. The number of hydrogen-bond donors (Lipinski definition) is 0. The molecule has 0 spiro atoms. The van der Waals surface area contributed by atoms with E-state index < -0.39 is 0 Å². The zero-order chi connectivity index (χ0) is 34.4. The summed E-state index contributed by atoms with van der Waals surface area (Å²) in [6.45, 7) is 0. The number of rotatable bonds is 7. The third-order valence-electron chi connectivity index (χ3n) is 9.59. The van der Waals surface area contributed by atoms with Crippen LogP contribution in [-0.4, -0.2) is 0 Å². The average Bonchev–Trinajstić information content (AvgIpc) is 4.01. The van der Waals surface area contributed by atoms with Crippen LogP contribution in [0.2, 0.25) is 0 Å². The first kappa shape index (κ1) is 31.4. The van der Waals surface area contributed by atoms with E-state index in [4.69, 9.17) is 0 Å². The molecule has 4 heterocycles. The normalized spacial score (nSPS) is 12.1. The maximum atomic E-state index is 2.30. The maximum absolute atomic E-state index is 2.30. The predicted octanol–water partition coefficient (Wildman–Crippen LogP) is 15.9. The molecule has 52 heavy (non-hydrogen) atoms. The van der Waals surface area contributed by atoms with Crippen LogP contribution >= 0.6 is 45.3 Å². The molecule has 0 aliphatic heterocycles. The van der Waals surface area contributed by atoms with Gasteiger partial charge in [-0.3, -0.25) is 0 Å². The van der Waals surface area contributed by atoms with Crippen molar-refractivity contribution in [1.82, 2.24) is 0 Å². The molecule has 6 aromatic carbocycles. The number of benzene rings is 6. The fraction of sp³-hybridized carbons (Fsp3) is 0. The Morgan fingerprint density at radius 1 is 0.269 bits per heavy atom. The second-order valence-corrected chi connectivity index (χ2v) is 17.3. The molecule has 0 radical (unpaired) electrons. The Kier molecular flexibility index (Phi) is 8.04. The molecule has 0 atom stereocenters. The van der Waals surface area contributed by atoms with E-state index in [-0.39, 0.29) is 0 Å². The lowest BCUT2D eigenvalue weighted by atomic mass is 10.1. The molecule has 0 aliphatic rings. The SMILES string of the molecule is C(=C\c1ccc2c(c1)sc1ccccc12)/c1ccc(-c2ccc(-c3ccc(-c4ccc(/C=C/c5ccc6c(c5)sc5ccccc56)cc4)s3)s2)cc1. The monoisotopic (exact) mass is 734 g/mol. The lowest BCUT2D eigenvalue weighted by Crippen LogP contribution is -1.75. The Morgan fingerprint density at radius 2 is 0.635 bits per heavy atom. The van der Waals surface area contributed by atoms with E-state index in [0.717, 1.165) is 0 Å². The summed E-state index contributed by atoms with van der Waals surface area (Å²) in [7, 11) is 0. The van der Waals surface area contributed by atoms with Crippen LogP contribution in [0.3, 0.4) is 0 Å². The van der Waals surface area contributed by atoms with Gasteiger partial charge in [-0.2, -0.15) is 0 Å². The first-order valence-electron chi connectivity index (χ1n) is 17.3. The highest BCUT2D eigenvalue weighted by Crippen LogP contribution is 2.41. The highest BCUT2D eigenvalue weighted by Gasteiger charge is 2.10. The Bertz CT molecular complexity index is 2740. The first-order chi connectivity index (χ1) is 25.7. The fourth-order valence-electron chi connectivity index (χ4n) is 6.85. The van der Waals surface area contributed by atoms with Gasteiger partial charge in [-0.05, 0) is 81.9 Å². The lowest BCUT2D eigenvalue weighted by Gasteiger charge is -2.00. The molecule has 246 valence electrons. The minimum Gasteiger partial charge on any atom is -0.135 e. The van der Waals surface area contributed by atoms with Gasteiger partial charge in [-0.25, -0.2) is 0 Å². The molecule has 0 N–H and O–H groups in total. The summed E-state index contributed by atoms with van der Waals surface area (Å²) in [4.78, 5) is 5.20. The molecule has 0 saturated carbocycles. The van der Waals surface area contributed by atoms with E-state index in [1.807, 2.05) is 45.3 Å². The summed E-state index contributed by atoms with van der Waals surface area (Å²) in [6, 6.07) is 57.7. The quantitative estimate of drug-likeness (QED) is 0.143. The van der Waals surface area contributed by atoms with Gasteiger partial charge in [0, 0.05) is 59.9 Å². The van der Waals surface area contributed by atoms with Crippen LogP contribution in [0.4, 0.5) is 0 Å². The molecule has 4 heteroatoms. The standard InChI is InChI=1S/C48H30S4/c1-3-7-43-37(5-1)39-23-17-33(29-47(39)51-43)11-9-31-13-19-35(20-14-31)41-25-27-45(49-41)46-28-26-42(50-46)36-21-15-32(16-22-36)10-12-34-18-24-40-38-6-2-4-8-44(38)52-48(40)30-34/h1-30H/b11-9+,12-10+. The predicted molar refractivity (Wildman–Crippen MR) is 235 cm³/mol. The molecular weight excluding hydrogens is 705 g/mol. The van der Waals surface area contributed by atoms with Gasteiger partial charge in [0.15, 0.2) is 0 Å². The Morgan fingerprint density at radius 3 is 1.10 bits per heavy atom. The summed E-state index contributed by atoms with van der Waals surface area (Å²) >= 11 is 7.45. The highest BCUT2D eigenvalue weighted by atomic mass is 32.1. The molecule has 0 nitrogen and oxygen atoms in total. The van der Waals surface area contributed by atoms with Crippen LogP contribution in [0.25, 0.3) is 95.3 Å². The van der Waals surface area contributed by atoms with Gasteiger partial charge in [0.2, 0.25) is 0 Å². The summed E-state index contributed by atoms with van der Waals surface area (Å²) in [5.74, 6) is 0. The number of fused-ring (bicyclic) bond motifs is 6. The topological polar surface area (TPSA) is 0 Å². The Labute approximate surface area is 318 Å². The van der Waals surface area contributed by atoms with Crippen molar-refractivity contribution >= 4 is 110 Å². The largest absolute Gasteiger partial charge is 0.135 e. The average molecular weight is 735 g/mol. The molecule has 10 rings (SSSR count). The smallest absolute Gasteiger partial charge is 0.0449 e. The van der Waals surface area contributed by atoms with Gasteiger partial charge in [0.05, 0.1) is 0 Å². The lowest BCUT2D eigenvalue weighted by molar-refractivity contribution is 1.65. The molecule has 0 aliphatic carbocycles. The van der Waals surface area contributed by atoms with Crippen molar-refractivity contribution in [3.05, 3.63) is 180 Å². The van der Waals surface area contributed by atoms with Crippen LogP contribution in [0, 0.1) is 0 Å². The van der Waals surface area contributed by atoms with Crippen LogP contribution in [0.15, 0.2) is 158 Å². The minimum absolute atomic E-state index is 1.20. The van der Waals surface area contributed by atoms with E-state index >= 15 is 0 Å². The highest BCUT2D eigenvalue weighted by molar-refractivity contribution is 7.26. The minimum atomic E-state index is 1.20. The molecular formula is C48H30S4. The molecule has 0 bridgehead atoms. The molecule has 0 unspecified atom stereocenters. The van der Waals surface area contributed by atoms with Crippen LogP contribution < -0.4 is 0 Å². The zero-order valence-corrected chi connectivity index (χ0v) is 31.2. The van der Waals surface area contributed by atoms with Crippen molar-refractivity contribution in [1.29, 1.82) is 0 Å². The van der Waals surface area contributed by atoms with Crippen molar-refractivity contribution in [3.8, 4) is 30.6 Å². The maximum Gasteiger partial charge on any atom is 0.0449 e. The van der Waals surface area contributed by atoms with Gasteiger partial charge in [-0.15, -0.1) is 45.3 Å². The van der Waals surface area contributed by atoms with Gasteiger partial charge in [0.1, 0.15) is 0 Å². The zero-order valence-electron chi connectivity index (χ0n) is 28.0. The van der Waals surface area contributed by atoms with E-state index in [0.29, 0.717) is 0 Å². The molecule has 4 aromatic heterocycles. The van der Waals surface area contributed by atoms with E-state index in [9.17, 15) is 0 Å². The van der Waals surface area contributed by atoms with Gasteiger partial charge >= 0.3 is 0 Å². The Hall–Kier alpha value is -5.36. The van der Waals surface area contributed by atoms with Gasteiger partial charge < -0.3 is 0 Å². The van der Waals surface area contributed by atoms with Crippen LogP contribution in [0.5, 0.6) is 0 Å². The van der Waals surface area contributed by atoms with E-state index in [2.05, 4.69) is 182 Å². The third kappa shape index (κ3) is 6.04. The Balaban J connectivity index is 0.803. The van der Waals surface area contributed by atoms with E-state index in [1.165, 1.54) is 93.2 Å². The summed E-state index contributed by atoms with van der Waals surface area (Å²) in [6.07, 6.45) is 8.85. The second-order valence-electron chi connectivity index (χ2n) is 12.9. The third-order valence-corrected chi connectivity index (χ3v) is 14.3. The van der Waals surface area contributed by atoms with Crippen molar-refractivity contribution < 1.29 is 0 Å². The van der Waals surface area contributed by atoms with Crippen molar-refractivity contribution in [2.45, 2.75) is 0 Å². The number of thiophene rings is 4. The number of hydrogen-bond acceptors (Lipinski definition) is 4. The van der Waals surface area contributed by atoms with Crippen molar-refractivity contribution in [3.63, 3.8) is 0 Å². The van der Waals surface area contributed by atoms with E-state index in [1.54, 1.807) is 0 Å². The molecule has 0 saturated heterocycles. The summed E-state index contributed by atoms with van der Waals surface area (Å²) in [5, 5.41) is 5.37. The van der Waals surface area contributed by atoms with Crippen molar-refractivity contribution in [2.75, 3.05) is 0 Å². The molecule has 0 amide bonds. The molecule has 0 fully saturated rings. The van der Waals surface area contributed by atoms with Crippen LogP contribution in [0.1, 0.15) is 22.3 Å². The van der Waals surface area contributed by atoms with Crippen LogP contribution in [-0.2, 0) is 0 Å². The fourth-order valence-corrected chi connectivity index (χ4v) is 11.3.